The van der Waals surface area contributed by atoms with Gasteiger partial charge in [-0.25, -0.2) is 0 Å². The van der Waals surface area contributed by atoms with Crippen molar-refractivity contribution in [2.24, 2.45) is 5.16 Å². The Labute approximate surface area is 94.5 Å². The lowest BCUT2D eigenvalue weighted by molar-refractivity contribution is 0.0986. The highest BCUT2D eigenvalue weighted by Gasteiger charge is 2.02. The molecule has 1 aromatic rings. The summed E-state index contributed by atoms with van der Waals surface area (Å²) in [5.74, 6) is 0.673. The van der Waals surface area contributed by atoms with E-state index in [0.29, 0.717) is 17.1 Å². The van der Waals surface area contributed by atoms with Crippen LogP contribution in [0, 0.1) is 0 Å². The number of nitrogen functional groups attached to an aromatic ring is 1. The van der Waals surface area contributed by atoms with Crippen LogP contribution >= 0.6 is 0 Å². The van der Waals surface area contributed by atoms with Gasteiger partial charge in [0.1, 0.15) is 12.4 Å². The second-order valence-electron chi connectivity index (χ2n) is 3.23. The van der Waals surface area contributed by atoms with Gasteiger partial charge in [-0.05, 0) is 19.1 Å². The van der Waals surface area contributed by atoms with Crippen LogP contribution in [0.5, 0.6) is 5.75 Å². The molecule has 16 heavy (non-hydrogen) atoms. The zero-order valence-corrected chi connectivity index (χ0v) is 9.43. The van der Waals surface area contributed by atoms with Crippen molar-refractivity contribution in [1.82, 2.24) is 0 Å². The van der Waals surface area contributed by atoms with Gasteiger partial charge >= 0.3 is 0 Å². The number of aliphatic hydroxyl groups excluding tert-OH is 1. The van der Waals surface area contributed by atoms with E-state index in [4.69, 9.17) is 20.4 Å². The molecule has 0 fully saturated rings. The van der Waals surface area contributed by atoms with Crippen molar-refractivity contribution in [3.05, 3.63) is 23.8 Å². The van der Waals surface area contributed by atoms with E-state index in [0.717, 1.165) is 5.56 Å². The summed E-state index contributed by atoms with van der Waals surface area (Å²) in [5, 5.41) is 12.4. The maximum atomic E-state index is 8.54. The maximum absolute atomic E-state index is 8.54. The van der Waals surface area contributed by atoms with E-state index in [9.17, 15) is 0 Å². The van der Waals surface area contributed by atoms with Crippen molar-refractivity contribution in [3.8, 4) is 5.75 Å². The van der Waals surface area contributed by atoms with Crippen molar-refractivity contribution in [1.29, 1.82) is 0 Å². The summed E-state index contributed by atoms with van der Waals surface area (Å²) < 4.78 is 5.10. The van der Waals surface area contributed by atoms with Crippen molar-refractivity contribution in [2.45, 2.75) is 6.92 Å². The number of nitrogens with zero attached hydrogens (tertiary/aromatic N) is 1. The molecule has 0 heterocycles. The minimum absolute atomic E-state index is 0.0585. The summed E-state index contributed by atoms with van der Waals surface area (Å²) in [4.78, 5) is 4.87. The zero-order chi connectivity index (χ0) is 12.0. The summed E-state index contributed by atoms with van der Waals surface area (Å²) in [6.07, 6.45) is 0. The van der Waals surface area contributed by atoms with Crippen LogP contribution in [0.15, 0.2) is 23.4 Å². The minimum atomic E-state index is -0.0585. The van der Waals surface area contributed by atoms with Crippen molar-refractivity contribution < 1.29 is 14.7 Å². The molecule has 88 valence electrons. The summed E-state index contributed by atoms with van der Waals surface area (Å²) in [6.45, 7) is 1.92. The number of methoxy groups -OCH3 is 1. The predicted molar refractivity (Wildman–Crippen MR) is 62.7 cm³/mol. The number of oxime groups is 1. The molecule has 0 radical (unpaired) electrons. The molecule has 5 nitrogen and oxygen atoms in total. The number of ether oxygens (including phenoxy) is 1. The average molecular weight is 224 g/mol. The lowest BCUT2D eigenvalue weighted by Crippen LogP contribution is -2.01. The third-order valence-corrected chi connectivity index (χ3v) is 1.97. The first-order valence-corrected chi connectivity index (χ1v) is 4.89. The number of hydrogen-bond donors (Lipinski definition) is 2. The molecular weight excluding hydrogens is 208 g/mol. The highest BCUT2D eigenvalue weighted by atomic mass is 16.6. The number of aliphatic hydroxyl groups is 1. The molecule has 3 N–H and O–H groups in total. The molecular formula is C11H16N2O3. The smallest absolute Gasteiger partial charge is 0.140 e. The summed E-state index contributed by atoms with van der Waals surface area (Å²) in [5.41, 5.74) is 7.82. The Balaban J connectivity index is 2.85. The van der Waals surface area contributed by atoms with Gasteiger partial charge in [-0.1, -0.05) is 5.16 Å². The van der Waals surface area contributed by atoms with Crippen LogP contribution in [0.1, 0.15) is 12.5 Å². The van der Waals surface area contributed by atoms with Gasteiger partial charge in [0.25, 0.3) is 0 Å². The molecule has 0 amide bonds. The van der Waals surface area contributed by atoms with Crippen LogP contribution in [0.2, 0.25) is 0 Å². The summed E-state index contributed by atoms with van der Waals surface area (Å²) in [7, 11) is 1.58. The first-order valence-electron chi connectivity index (χ1n) is 4.89. The number of anilines is 1. The topological polar surface area (TPSA) is 77.1 Å². The molecule has 0 atom stereocenters. The van der Waals surface area contributed by atoms with Crippen LogP contribution in [0.4, 0.5) is 5.69 Å². The van der Waals surface area contributed by atoms with Crippen LogP contribution < -0.4 is 10.5 Å². The molecule has 0 saturated carbocycles. The molecule has 0 saturated heterocycles. The monoisotopic (exact) mass is 224 g/mol. The molecule has 1 rings (SSSR count). The van der Waals surface area contributed by atoms with Crippen LogP contribution in [-0.4, -0.2) is 31.1 Å². The molecule has 0 bridgehead atoms. The minimum Gasteiger partial charge on any atom is -0.497 e. The van der Waals surface area contributed by atoms with E-state index in [1.54, 1.807) is 26.2 Å². The lowest BCUT2D eigenvalue weighted by Gasteiger charge is -2.06. The fraction of sp³-hybridized carbons (Fsp3) is 0.364. The van der Waals surface area contributed by atoms with Crippen molar-refractivity contribution in [3.63, 3.8) is 0 Å². The van der Waals surface area contributed by atoms with Gasteiger partial charge in [-0.15, -0.1) is 0 Å². The van der Waals surface area contributed by atoms with E-state index in [1.165, 1.54) is 0 Å². The molecule has 0 aliphatic rings. The molecule has 0 aliphatic heterocycles. The van der Waals surface area contributed by atoms with E-state index in [2.05, 4.69) is 5.16 Å². The standard InChI is InChI=1S/C11H16N2O3/c1-8(13-16-4-3-14)9-5-10(12)7-11(6-9)15-2/h5-7,14H,3-4,12H2,1-2H3/b13-8+. The Kier molecular flexibility index (Phi) is 4.60. The third kappa shape index (κ3) is 3.43. The normalized spacial score (nSPS) is 11.3. The SMILES string of the molecule is COc1cc(N)cc(/C(C)=N/OCCO)c1. The van der Waals surface area contributed by atoms with Gasteiger partial charge in [0.15, 0.2) is 0 Å². The Morgan fingerprint density at radius 3 is 2.81 bits per heavy atom. The van der Waals surface area contributed by atoms with Gasteiger partial charge in [0.05, 0.1) is 19.4 Å². The van der Waals surface area contributed by atoms with Gasteiger partial charge in [0.2, 0.25) is 0 Å². The molecule has 0 aliphatic carbocycles. The van der Waals surface area contributed by atoms with Crippen molar-refractivity contribution >= 4 is 11.4 Å². The summed E-state index contributed by atoms with van der Waals surface area (Å²) in [6, 6.07) is 5.33. The van der Waals surface area contributed by atoms with Crippen LogP contribution in [0.25, 0.3) is 0 Å². The first kappa shape index (κ1) is 12.3. The number of nitrogens with two attached hydrogens (primary N) is 1. The van der Waals surface area contributed by atoms with Crippen LogP contribution in [-0.2, 0) is 4.84 Å². The van der Waals surface area contributed by atoms with E-state index in [1.807, 2.05) is 6.07 Å². The van der Waals surface area contributed by atoms with Gasteiger partial charge in [0, 0.05) is 17.3 Å². The van der Waals surface area contributed by atoms with Crippen LogP contribution in [0.3, 0.4) is 0 Å². The number of benzene rings is 1. The quantitative estimate of drug-likeness (QED) is 0.339. The Morgan fingerprint density at radius 1 is 1.44 bits per heavy atom. The van der Waals surface area contributed by atoms with E-state index >= 15 is 0 Å². The Morgan fingerprint density at radius 2 is 2.19 bits per heavy atom. The highest BCUT2D eigenvalue weighted by Crippen LogP contribution is 2.19. The predicted octanol–water partition coefficient (Wildman–Crippen LogP) is 1.01. The van der Waals surface area contributed by atoms with Gasteiger partial charge in [-0.3, -0.25) is 0 Å². The lowest BCUT2D eigenvalue weighted by atomic mass is 10.1. The maximum Gasteiger partial charge on any atom is 0.140 e. The van der Waals surface area contributed by atoms with E-state index < -0.39 is 0 Å². The highest BCUT2D eigenvalue weighted by molar-refractivity contribution is 5.99. The molecule has 0 aromatic heterocycles. The molecule has 0 spiro atoms. The van der Waals surface area contributed by atoms with E-state index in [-0.39, 0.29) is 13.2 Å². The Hall–Kier alpha value is -1.75. The zero-order valence-electron chi connectivity index (χ0n) is 9.43. The largest absolute Gasteiger partial charge is 0.497 e. The second kappa shape index (κ2) is 5.97. The van der Waals surface area contributed by atoms with Gasteiger partial charge < -0.3 is 20.4 Å². The first-order chi connectivity index (χ1) is 7.67. The summed E-state index contributed by atoms with van der Waals surface area (Å²) >= 11 is 0. The fourth-order valence-corrected chi connectivity index (χ4v) is 1.18. The molecule has 5 heteroatoms. The molecule has 0 unspecified atom stereocenters. The number of rotatable bonds is 5. The van der Waals surface area contributed by atoms with Crippen molar-refractivity contribution in [2.75, 3.05) is 26.1 Å². The second-order valence-corrected chi connectivity index (χ2v) is 3.23. The average Bonchev–Trinajstić information content (AvgIpc) is 2.28. The number of hydrogen-bond acceptors (Lipinski definition) is 5. The third-order valence-electron chi connectivity index (χ3n) is 1.97. The Bertz CT molecular complexity index is 377. The fourth-order valence-electron chi connectivity index (χ4n) is 1.18. The molecule has 1 aromatic carbocycles. The van der Waals surface area contributed by atoms with Gasteiger partial charge in [-0.2, -0.15) is 0 Å².